The Labute approximate surface area is 138 Å². The highest BCUT2D eigenvalue weighted by Gasteiger charge is 2.31. The maximum absolute atomic E-state index is 14.5. The Morgan fingerprint density at radius 3 is 2.68 bits per heavy atom. The molecule has 2 aromatic rings. The van der Waals surface area contributed by atoms with E-state index < -0.39 is 0 Å². The molecule has 0 radical (unpaired) electrons. The predicted molar refractivity (Wildman–Crippen MR) is 89.5 cm³/mol. The number of ether oxygens (including phenoxy) is 1. The smallest absolute Gasteiger partial charge is 0.169 e. The molecule has 22 heavy (non-hydrogen) atoms. The Morgan fingerprint density at radius 1 is 1.27 bits per heavy atom. The van der Waals surface area contributed by atoms with Gasteiger partial charge in [-0.05, 0) is 65.5 Å². The average Bonchev–Trinajstić information content (AvgIpc) is 2.95. The molecule has 0 spiro atoms. The van der Waals surface area contributed by atoms with Crippen LogP contribution in [0.1, 0.15) is 30.9 Å². The van der Waals surface area contributed by atoms with Crippen molar-refractivity contribution in [3.05, 3.63) is 63.9 Å². The first-order valence-corrected chi connectivity index (χ1v) is 8.29. The van der Waals surface area contributed by atoms with E-state index in [0.717, 1.165) is 30.5 Å². The van der Waals surface area contributed by atoms with Gasteiger partial charge in [0.25, 0.3) is 0 Å². The van der Waals surface area contributed by atoms with Gasteiger partial charge < -0.3 is 10.1 Å². The first kappa shape index (κ1) is 15.5. The first-order valence-electron chi connectivity index (χ1n) is 7.50. The maximum atomic E-state index is 14.5. The maximum Gasteiger partial charge on any atom is 0.169 e. The fraction of sp³-hybridized carbons (Fsp3) is 0.333. The van der Waals surface area contributed by atoms with Crippen LogP contribution in [0.3, 0.4) is 0 Å². The van der Waals surface area contributed by atoms with Crippen LogP contribution in [0.5, 0.6) is 5.75 Å². The average molecular weight is 364 g/mol. The van der Waals surface area contributed by atoms with E-state index in [-0.39, 0.29) is 17.1 Å². The number of halogens is 2. The minimum atomic E-state index is -0.324. The van der Waals surface area contributed by atoms with Gasteiger partial charge in [0.15, 0.2) is 11.6 Å². The highest BCUT2D eigenvalue weighted by molar-refractivity contribution is 9.10. The summed E-state index contributed by atoms with van der Waals surface area (Å²) >= 11 is 3.45. The number of hydrogen-bond donors (Lipinski definition) is 1. The number of rotatable bonds is 4. The van der Waals surface area contributed by atoms with Crippen molar-refractivity contribution >= 4 is 15.9 Å². The molecule has 1 unspecified atom stereocenters. The Bertz CT molecular complexity index is 630. The summed E-state index contributed by atoms with van der Waals surface area (Å²) in [5.74, 6) is -0.0515. The minimum Gasteiger partial charge on any atom is -0.485 e. The van der Waals surface area contributed by atoms with Crippen LogP contribution in [-0.2, 0) is 12.1 Å². The van der Waals surface area contributed by atoms with Crippen LogP contribution in [0.25, 0.3) is 0 Å². The summed E-state index contributed by atoms with van der Waals surface area (Å²) in [5.41, 5.74) is 1.82. The van der Waals surface area contributed by atoms with E-state index in [1.54, 1.807) is 6.07 Å². The monoisotopic (exact) mass is 363 g/mol. The van der Waals surface area contributed by atoms with Gasteiger partial charge >= 0.3 is 0 Å². The molecule has 0 aliphatic carbocycles. The molecule has 116 valence electrons. The summed E-state index contributed by atoms with van der Waals surface area (Å²) in [6.07, 6.45) is 2.13. The molecular formula is C18H19BrFNO. The molecule has 1 heterocycles. The summed E-state index contributed by atoms with van der Waals surface area (Å²) < 4.78 is 20.8. The van der Waals surface area contributed by atoms with Gasteiger partial charge in [0.2, 0.25) is 0 Å². The number of nitrogens with one attached hydrogen (secondary N) is 1. The van der Waals surface area contributed by atoms with Crippen LogP contribution in [0.4, 0.5) is 4.39 Å². The highest BCUT2D eigenvalue weighted by atomic mass is 79.9. The molecule has 0 saturated carbocycles. The van der Waals surface area contributed by atoms with Gasteiger partial charge in [0.05, 0.1) is 4.47 Å². The van der Waals surface area contributed by atoms with Crippen molar-refractivity contribution < 1.29 is 9.13 Å². The zero-order chi connectivity index (χ0) is 15.6. The van der Waals surface area contributed by atoms with E-state index >= 15 is 0 Å². The Balaban J connectivity index is 1.81. The van der Waals surface area contributed by atoms with E-state index in [4.69, 9.17) is 4.74 Å². The molecular weight excluding hydrogens is 345 g/mol. The highest BCUT2D eigenvalue weighted by Crippen LogP contribution is 2.37. The zero-order valence-corrected chi connectivity index (χ0v) is 14.1. The fourth-order valence-electron chi connectivity index (χ4n) is 2.89. The predicted octanol–water partition coefficient (Wildman–Crippen LogP) is 4.77. The lowest BCUT2D eigenvalue weighted by Crippen LogP contribution is -2.33. The van der Waals surface area contributed by atoms with Gasteiger partial charge in [-0.1, -0.05) is 30.3 Å². The first-order chi connectivity index (χ1) is 10.6. The Morgan fingerprint density at radius 2 is 2.05 bits per heavy atom. The van der Waals surface area contributed by atoms with Crippen LogP contribution in [0, 0.1) is 5.82 Å². The minimum absolute atomic E-state index is 0.151. The second-order valence-electron chi connectivity index (χ2n) is 5.91. The van der Waals surface area contributed by atoms with Crippen molar-refractivity contribution in [2.24, 2.45) is 0 Å². The van der Waals surface area contributed by atoms with Crippen LogP contribution in [-0.4, -0.2) is 6.54 Å². The molecule has 2 aromatic carbocycles. The van der Waals surface area contributed by atoms with E-state index in [2.05, 4.69) is 28.2 Å². The fourth-order valence-corrected chi connectivity index (χ4v) is 3.44. The summed E-state index contributed by atoms with van der Waals surface area (Å²) in [6.45, 7) is 3.44. The third-order valence-electron chi connectivity index (χ3n) is 4.23. The normalized spacial score (nSPS) is 21.0. The molecule has 0 amide bonds. The van der Waals surface area contributed by atoms with E-state index in [1.165, 1.54) is 0 Å². The molecule has 1 atom stereocenters. The molecule has 0 aromatic heterocycles. The standard InChI is InChI=1S/C18H19BrFNO/c1-18(8-5-9-21-18)14-10-15(19)17(16(20)11-14)22-12-13-6-3-2-4-7-13/h2-4,6-7,10-11,21H,5,8-9,12H2,1H3. The lowest BCUT2D eigenvalue weighted by atomic mass is 9.90. The molecule has 3 rings (SSSR count). The lowest BCUT2D eigenvalue weighted by molar-refractivity contribution is 0.287. The molecule has 1 fully saturated rings. The quantitative estimate of drug-likeness (QED) is 0.844. The summed E-state index contributed by atoms with van der Waals surface area (Å²) in [4.78, 5) is 0. The van der Waals surface area contributed by atoms with Crippen molar-refractivity contribution in [2.45, 2.75) is 31.9 Å². The molecule has 1 aliphatic rings. The van der Waals surface area contributed by atoms with Crippen LogP contribution >= 0.6 is 15.9 Å². The van der Waals surface area contributed by atoms with Crippen molar-refractivity contribution in [3.8, 4) is 5.75 Å². The Hall–Kier alpha value is -1.39. The van der Waals surface area contributed by atoms with Gasteiger partial charge in [-0.25, -0.2) is 4.39 Å². The molecule has 1 N–H and O–H groups in total. The third-order valence-corrected chi connectivity index (χ3v) is 4.82. The van der Waals surface area contributed by atoms with Crippen LogP contribution in [0.2, 0.25) is 0 Å². The molecule has 0 bridgehead atoms. The third kappa shape index (κ3) is 3.18. The van der Waals surface area contributed by atoms with Crippen molar-refractivity contribution in [3.63, 3.8) is 0 Å². The van der Waals surface area contributed by atoms with E-state index in [9.17, 15) is 4.39 Å². The summed E-state index contributed by atoms with van der Waals surface area (Å²) in [6, 6.07) is 13.3. The van der Waals surface area contributed by atoms with E-state index in [0.29, 0.717) is 11.1 Å². The summed E-state index contributed by atoms with van der Waals surface area (Å²) in [7, 11) is 0. The second-order valence-corrected chi connectivity index (χ2v) is 6.76. The molecule has 4 heteroatoms. The van der Waals surface area contributed by atoms with Gasteiger partial charge in [-0.3, -0.25) is 0 Å². The largest absolute Gasteiger partial charge is 0.485 e. The van der Waals surface area contributed by atoms with Crippen molar-refractivity contribution in [2.75, 3.05) is 6.54 Å². The van der Waals surface area contributed by atoms with E-state index in [1.807, 2.05) is 36.4 Å². The summed E-state index contributed by atoms with van der Waals surface area (Å²) in [5, 5.41) is 3.45. The lowest BCUT2D eigenvalue weighted by Gasteiger charge is -2.26. The molecule has 1 aliphatic heterocycles. The second kappa shape index (κ2) is 6.39. The van der Waals surface area contributed by atoms with Gasteiger partial charge in [0, 0.05) is 5.54 Å². The number of benzene rings is 2. The van der Waals surface area contributed by atoms with Gasteiger partial charge in [0.1, 0.15) is 6.61 Å². The Kier molecular flexibility index (Phi) is 4.50. The van der Waals surface area contributed by atoms with Crippen LogP contribution < -0.4 is 10.1 Å². The van der Waals surface area contributed by atoms with Crippen LogP contribution in [0.15, 0.2) is 46.9 Å². The molecule has 2 nitrogen and oxygen atoms in total. The van der Waals surface area contributed by atoms with Crippen molar-refractivity contribution in [1.29, 1.82) is 0 Å². The molecule has 1 saturated heterocycles. The van der Waals surface area contributed by atoms with Gasteiger partial charge in [-0.2, -0.15) is 0 Å². The topological polar surface area (TPSA) is 21.3 Å². The number of hydrogen-bond acceptors (Lipinski definition) is 2. The zero-order valence-electron chi connectivity index (χ0n) is 12.5. The van der Waals surface area contributed by atoms with Gasteiger partial charge in [-0.15, -0.1) is 0 Å². The van der Waals surface area contributed by atoms with Crippen molar-refractivity contribution in [1.82, 2.24) is 5.32 Å². The SMILES string of the molecule is CC1(c2cc(F)c(OCc3ccccc3)c(Br)c2)CCCN1.